The largest absolute Gasteiger partial charge is 0.457 e. The number of halogens is 1. The van der Waals surface area contributed by atoms with Crippen LogP contribution in [0, 0.1) is 5.82 Å². The zero-order valence-electron chi connectivity index (χ0n) is 12.5. The molecule has 0 heterocycles. The minimum Gasteiger partial charge on any atom is -0.457 e. The summed E-state index contributed by atoms with van der Waals surface area (Å²) >= 11 is 1.68. The second kappa shape index (κ2) is 7.48. The highest BCUT2D eigenvalue weighted by Gasteiger charge is 2.11. The molecule has 0 amide bonds. The Bertz CT molecular complexity index is 584. The van der Waals surface area contributed by atoms with Gasteiger partial charge in [-0.15, -0.1) is 11.8 Å². The average Bonchev–Trinajstić information content (AvgIpc) is 2.47. The molecule has 0 spiro atoms. The Morgan fingerprint density at radius 1 is 1.14 bits per heavy atom. The molecule has 0 saturated heterocycles. The molecule has 0 radical (unpaired) electrons. The SMILES string of the molecule is CSc1ccc(Oc2cccc(F)c2CNC(C)C)cc1. The highest BCUT2D eigenvalue weighted by atomic mass is 32.2. The third-order valence-corrected chi connectivity index (χ3v) is 3.79. The average molecular weight is 305 g/mol. The normalized spacial score (nSPS) is 10.9. The van der Waals surface area contributed by atoms with Crippen molar-refractivity contribution in [3.63, 3.8) is 0 Å². The summed E-state index contributed by atoms with van der Waals surface area (Å²) in [6, 6.07) is 13.0. The molecular weight excluding hydrogens is 285 g/mol. The van der Waals surface area contributed by atoms with Gasteiger partial charge in [-0.25, -0.2) is 4.39 Å². The molecular formula is C17H20FNOS. The molecule has 112 valence electrons. The molecule has 0 saturated carbocycles. The van der Waals surface area contributed by atoms with Crippen LogP contribution >= 0.6 is 11.8 Å². The Hall–Kier alpha value is -1.52. The Morgan fingerprint density at radius 3 is 2.48 bits per heavy atom. The van der Waals surface area contributed by atoms with Crippen LogP contribution in [0.2, 0.25) is 0 Å². The molecule has 0 bridgehead atoms. The van der Waals surface area contributed by atoms with Crippen molar-refractivity contribution in [2.24, 2.45) is 0 Å². The monoisotopic (exact) mass is 305 g/mol. The zero-order valence-corrected chi connectivity index (χ0v) is 13.3. The van der Waals surface area contributed by atoms with Crippen molar-refractivity contribution in [1.82, 2.24) is 5.32 Å². The van der Waals surface area contributed by atoms with Gasteiger partial charge in [0.25, 0.3) is 0 Å². The molecule has 0 atom stereocenters. The number of thioether (sulfide) groups is 1. The van der Waals surface area contributed by atoms with Crippen molar-refractivity contribution < 1.29 is 9.13 Å². The Kier molecular flexibility index (Phi) is 5.65. The van der Waals surface area contributed by atoms with E-state index >= 15 is 0 Å². The number of benzene rings is 2. The van der Waals surface area contributed by atoms with Gasteiger partial charge in [-0.1, -0.05) is 19.9 Å². The lowest BCUT2D eigenvalue weighted by molar-refractivity contribution is 0.457. The van der Waals surface area contributed by atoms with E-state index in [1.165, 1.54) is 11.0 Å². The van der Waals surface area contributed by atoms with E-state index in [9.17, 15) is 4.39 Å². The number of rotatable bonds is 6. The molecule has 4 heteroatoms. The molecule has 2 aromatic rings. The molecule has 0 aromatic heterocycles. The molecule has 0 aliphatic rings. The zero-order chi connectivity index (χ0) is 15.2. The van der Waals surface area contributed by atoms with E-state index in [4.69, 9.17) is 4.74 Å². The minimum atomic E-state index is -0.249. The van der Waals surface area contributed by atoms with E-state index in [-0.39, 0.29) is 5.82 Å². The van der Waals surface area contributed by atoms with E-state index < -0.39 is 0 Å². The van der Waals surface area contributed by atoms with E-state index in [0.29, 0.717) is 29.6 Å². The van der Waals surface area contributed by atoms with Gasteiger partial charge in [-0.2, -0.15) is 0 Å². The topological polar surface area (TPSA) is 21.3 Å². The third kappa shape index (κ3) is 4.48. The molecule has 21 heavy (non-hydrogen) atoms. The van der Waals surface area contributed by atoms with Crippen LogP contribution in [-0.2, 0) is 6.54 Å². The van der Waals surface area contributed by atoms with Crippen molar-refractivity contribution >= 4 is 11.8 Å². The Balaban J connectivity index is 2.19. The first-order valence-electron chi connectivity index (χ1n) is 6.93. The molecule has 2 aromatic carbocycles. The lowest BCUT2D eigenvalue weighted by Crippen LogP contribution is -2.22. The fourth-order valence-electron chi connectivity index (χ4n) is 1.88. The first-order valence-corrected chi connectivity index (χ1v) is 8.15. The minimum absolute atomic E-state index is 0.249. The summed E-state index contributed by atoms with van der Waals surface area (Å²) < 4.78 is 19.8. The van der Waals surface area contributed by atoms with Crippen LogP contribution in [0.5, 0.6) is 11.5 Å². The van der Waals surface area contributed by atoms with Gasteiger partial charge in [0.1, 0.15) is 17.3 Å². The van der Waals surface area contributed by atoms with Gasteiger partial charge in [0.2, 0.25) is 0 Å². The van der Waals surface area contributed by atoms with Gasteiger partial charge >= 0.3 is 0 Å². The molecule has 0 aliphatic heterocycles. The van der Waals surface area contributed by atoms with Crippen LogP contribution in [-0.4, -0.2) is 12.3 Å². The van der Waals surface area contributed by atoms with Crippen molar-refractivity contribution in [3.05, 3.63) is 53.8 Å². The third-order valence-electron chi connectivity index (χ3n) is 3.05. The maximum absolute atomic E-state index is 14.0. The van der Waals surface area contributed by atoms with Crippen molar-refractivity contribution in [2.45, 2.75) is 31.3 Å². The summed E-state index contributed by atoms with van der Waals surface area (Å²) in [5.41, 5.74) is 0.556. The lowest BCUT2D eigenvalue weighted by atomic mass is 10.1. The van der Waals surface area contributed by atoms with Gasteiger partial charge in [0.15, 0.2) is 0 Å². The van der Waals surface area contributed by atoms with Crippen molar-refractivity contribution in [1.29, 1.82) is 0 Å². The fraction of sp³-hybridized carbons (Fsp3) is 0.294. The summed E-state index contributed by atoms with van der Waals surface area (Å²) in [5.74, 6) is 1.02. The standard InChI is InChI=1S/C17H20FNOS/c1-12(2)19-11-15-16(18)5-4-6-17(15)20-13-7-9-14(21-3)10-8-13/h4-10,12,19H,11H2,1-3H3. The highest BCUT2D eigenvalue weighted by molar-refractivity contribution is 7.98. The Labute approximate surface area is 129 Å². The van der Waals surface area contributed by atoms with Gasteiger partial charge in [0, 0.05) is 23.0 Å². The van der Waals surface area contributed by atoms with Crippen LogP contribution in [0.15, 0.2) is 47.4 Å². The summed E-state index contributed by atoms with van der Waals surface area (Å²) in [7, 11) is 0. The van der Waals surface area contributed by atoms with Gasteiger partial charge in [-0.3, -0.25) is 0 Å². The van der Waals surface area contributed by atoms with Crippen LogP contribution in [0.25, 0.3) is 0 Å². The van der Waals surface area contributed by atoms with Gasteiger partial charge < -0.3 is 10.1 Å². The number of ether oxygens (including phenoxy) is 1. The number of nitrogens with one attached hydrogen (secondary N) is 1. The second-order valence-electron chi connectivity index (χ2n) is 5.03. The predicted molar refractivity (Wildman–Crippen MR) is 86.7 cm³/mol. The smallest absolute Gasteiger partial charge is 0.134 e. The van der Waals surface area contributed by atoms with Gasteiger partial charge in [0.05, 0.1) is 0 Å². The van der Waals surface area contributed by atoms with Gasteiger partial charge in [-0.05, 0) is 42.7 Å². The summed E-state index contributed by atoms with van der Waals surface area (Å²) in [6.07, 6.45) is 2.03. The quantitative estimate of drug-likeness (QED) is 0.772. The van der Waals surface area contributed by atoms with E-state index in [0.717, 1.165) is 0 Å². The fourth-order valence-corrected chi connectivity index (χ4v) is 2.29. The van der Waals surface area contributed by atoms with Crippen molar-refractivity contribution in [2.75, 3.05) is 6.26 Å². The Morgan fingerprint density at radius 2 is 1.86 bits per heavy atom. The summed E-state index contributed by atoms with van der Waals surface area (Å²) in [5, 5.41) is 3.22. The molecule has 0 unspecified atom stereocenters. The first-order chi connectivity index (χ1) is 10.1. The maximum atomic E-state index is 14.0. The molecule has 2 rings (SSSR count). The number of hydrogen-bond donors (Lipinski definition) is 1. The first kappa shape index (κ1) is 15.9. The lowest BCUT2D eigenvalue weighted by Gasteiger charge is -2.14. The van der Waals surface area contributed by atoms with Crippen molar-refractivity contribution in [3.8, 4) is 11.5 Å². The van der Waals surface area contributed by atoms with Crippen LogP contribution < -0.4 is 10.1 Å². The molecule has 2 nitrogen and oxygen atoms in total. The highest BCUT2D eigenvalue weighted by Crippen LogP contribution is 2.28. The molecule has 0 aliphatic carbocycles. The molecule has 0 fully saturated rings. The van der Waals surface area contributed by atoms with Crippen LogP contribution in [0.4, 0.5) is 4.39 Å². The van der Waals surface area contributed by atoms with E-state index in [1.807, 2.05) is 44.4 Å². The van der Waals surface area contributed by atoms with E-state index in [2.05, 4.69) is 5.32 Å². The number of hydrogen-bond acceptors (Lipinski definition) is 3. The predicted octanol–water partition coefficient (Wildman–Crippen LogP) is 4.84. The molecule has 1 N–H and O–H groups in total. The maximum Gasteiger partial charge on any atom is 0.134 e. The summed E-state index contributed by atoms with van der Waals surface area (Å²) in [6.45, 7) is 4.51. The van der Waals surface area contributed by atoms with Crippen LogP contribution in [0.1, 0.15) is 19.4 Å². The van der Waals surface area contributed by atoms with E-state index in [1.54, 1.807) is 23.9 Å². The summed E-state index contributed by atoms with van der Waals surface area (Å²) in [4.78, 5) is 1.17. The van der Waals surface area contributed by atoms with Crippen LogP contribution in [0.3, 0.4) is 0 Å². The second-order valence-corrected chi connectivity index (χ2v) is 5.91.